The maximum atomic E-state index is 11.6. The Morgan fingerprint density at radius 3 is 2.43 bits per heavy atom. The van der Waals surface area contributed by atoms with Gasteiger partial charge in [0.2, 0.25) is 0 Å². The minimum Gasteiger partial charge on any atom is -0.497 e. The number of Topliss-reactive ketones (excluding diaryl/α,β-unsaturated/α-hetero) is 1. The Morgan fingerprint density at radius 2 is 1.81 bits per heavy atom. The molecule has 0 N–H and O–H groups in total. The van der Waals surface area contributed by atoms with Gasteiger partial charge in [0.15, 0.2) is 5.78 Å². The molecule has 0 aliphatic heterocycles. The van der Waals surface area contributed by atoms with Crippen LogP contribution in [-0.4, -0.2) is 19.5 Å². The van der Waals surface area contributed by atoms with Crippen molar-refractivity contribution in [2.45, 2.75) is 20.3 Å². The minimum absolute atomic E-state index is 0.0261. The van der Waals surface area contributed by atoms with E-state index < -0.39 is 0 Å². The minimum atomic E-state index is 0.0261. The molecule has 0 saturated heterocycles. The third-order valence-electron chi connectivity index (χ3n) is 3.32. The quantitative estimate of drug-likeness (QED) is 0.756. The lowest BCUT2D eigenvalue weighted by atomic mass is 10.1. The van der Waals surface area contributed by atoms with Crippen LogP contribution < -0.4 is 9.47 Å². The summed E-state index contributed by atoms with van der Waals surface area (Å²) in [5.41, 5.74) is 2.87. The SMILES string of the molecule is COc1ccc(CCOc2ccc(C)cc2C(C)=O)cc1. The smallest absolute Gasteiger partial charge is 0.163 e. The second kappa shape index (κ2) is 6.93. The van der Waals surface area contributed by atoms with Crippen LogP contribution in [-0.2, 0) is 6.42 Å². The van der Waals surface area contributed by atoms with Gasteiger partial charge in [-0.15, -0.1) is 0 Å². The number of carbonyl (C=O) groups excluding carboxylic acids is 1. The molecule has 0 radical (unpaired) electrons. The number of benzene rings is 2. The monoisotopic (exact) mass is 284 g/mol. The van der Waals surface area contributed by atoms with Gasteiger partial charge in [-0.1, -0.05) is 23.8 Å². The second-order valence-corrected chi connectivity index (χ2v) is 5.00. The summed E-state index contributed by atoms with van der Waals surface area (Å²) in [6, 6.07) is 13.6. The Kier molecular flexibility index (Phi) is 4.99. The number of ketones is 1. The maximum Gasteiger partial charge on any atom is 0.163 e. The van der Waals surface area contributed by atoms with E-state index in [0.717, 1.165) is 17.7 Å². The van der Waals surface area contributed by atoms with E-state index in [0.29, 0.717) is 17.9 Å². The second-order valence-electron chi connectivity index (χ2n) is 5.00. The molecule has 0 aliphatic rings. The van der Waals surface area contributed by atoms with Crippen LogP contribution >= 0.6 is 0 Å². The van der Waals surface area contributed by atoms with Crippen molar-refractivity contribution in [2.75, 3.05) is 13.7 Å². The Balaban J connectivity index is 1.98. The first kappa shape index (κ1) is 15.1. The summed E-state index contributed by atoms with van der Waals surface area (Å²) in [6.45, 7) is 4.06. The summed E-state index contributed by atoms with van der Waals surface area (Å²) in [5, 5.41) is 0. The van der Waals surface area contributed by atoms with E-state index in [2.05, 4.69) is 0 Å². The van der Waals surface area contributed by atoms with E-state index in [1.807, 2.05) is 49.4 Å². The summed E-state index contributed by atoms with van der Waals surface area (Å²) < 4.78 is 10.9. The maximum absolute atomic E-state index is 11.6. The number of carbonyl (C=O) groups is 1. The van der Waals surface area contributed by atoms with Crippen LogP contribution in [0, 0.1) is 6.92 Å². The van der Waals surface area contributed by atoms with Crippen molar-refractivity contribution in [2.24, 2.45) is 0 Å². The number of aryl methyl sites for hydroxylation is 1. The van der Waals surface area contributed by atoms with Gasteiger partial charge >= 0.3 is 0 Å². The number of rotatable bonds is 6. The zero-order valence-corrected chi connectivity index (χ0v) is 12.7. The van der Waals surface area contributed by atoms with Crippen molar-refractivity contribution in [3.05, 3.63) is 59.2 Å². The molecule has 0 amide bonds. The normalized spacial score (nSPS) is 10.2. The molecule has 0 fully saturated rings. The highest BCUT2D eigenvalue weighted by Crippen LogP contribution is 2.21. The molecule has 3 nitrogen and oxygen atoms in total. The molecular formula is C18H20O3. The van der Waals surface area contributed by atoms with Gasteiger partial charge in [0.1, 0.15) is 11.5 Å². The highest BCUT2D eigenvalue weighted by molar-refractivity contribution is 5.97. The first-order valence-electron chi connectivity index (χ1n) is 6.97. The van der Waals surface area contributed by atoms with Crippen molar-refractivity contribution >= 4 is 5.78 Å². The average molecular weight is 284 g/mol. The molecule has 3 heteroatoms. The van der Waals surface area contributed by atoms with E-state index in [1.165, 1.54) is 5.56 Å². The van der Waals surface area contributed by atoms with E-state index in [4.69, 9.17) is 9.47 Å². The van der Waals surface area contributed by atoms with Crippen LogP contribution in [0.25, 0.3) is 0 Å². The molecule has 0 saturated carbocycles. The van der Waals surface area contributed by atoms with E-state index in [1.54, 1.807) is 14.0 Å². The van der Waals surface area contributed by atoms with Gasteiger partial charge in [-0.25, -0.2) is 0 Å². The van der Waals surface area contributed by atoms with Gasteiger partial charge in [0.05, 0.1) is 19.3 Å². The van der Waals surface area contributed by atoms with Gasteiger partial charge < -0.3 is 9.47 Å². The molecule has 0 spiro atoms. The van der Waals surface area contributed by atoms with Crippen LogP contribution in [0.2, 0.25) is 0 Å². The first-order valence-corrected chi connectivity index (χ1v) is 6.97. The molecule has 0 bridgehead atoms. The summed E-state index contributed by atoms with van der Waals surface area (Å²) in [7, 11) is 1.65. The standard InChI is InChI=1S/C18H20O3/c1-13-4-9-18(17(12-13)14(2)19)21-11-10-15-5-7-16(20-3)8-6-15/h4-9,12H,10-11H2,1-3H3. The molecular weight excluding hydrogens is 264 g/mol. The molecule has 2 aromatic carbocycles. The molecule has 0 aromatic heterocycles. The molecule has 110 valence electrons. The molecule has 0 unspecified atom stereocenters. The van der Waals surface area contributed by atoms with E-state index in [9.17, 15) is 4.79 Å². The molecule has 0 atom stereocenters. The highest BCUT2D eigenvalue weighted by Gasteiger charge is 2.08. The Bertz CT molecular complexity index is 615. The van der Waals surface area contributed by atoms with Crippen LogP contribution in [0.3, 0.4) is 0 Å². The zero-order chi connectivity index (χ0) is 15.2. The van der Waals surface area contributed by atoms with Crippen LogP contribution in [0.1, 0.15) is 28.4 Å². The van der Waals surface area contributed by atoms with Gasteiger partial charge in [-0.2, -0.15) is 0 Å². The van der Waals surface area contributed by atoms with Crippen molar-refractivity contribution in [1.29, 1.82) is 0 Å². The third-order valence-corrected chi connectivity index (χ3v) is 3.32. The third kappa shape index (κ3) is 4.09. The number of hydrogen-bond donors (Lipinski definition) is 0. The predicted molar refractivity (Wildman–Crippen MR) is 83.4 cm³/mol. The summed E-state index contributed by atoms with van der Waals surface area (Å²) in [5.74, 6) is 1.52. The highest BCUT2D eigenvalue weighted by atomic mass is 16.5. The summed E-state index contributed by atoms with van der Waals surface area (Å²) in [4.78, 5) is 11.6. The number of hydrogen-bond acceptors (Lipinski definition) is 3. The predicted octanol–water partition coefficient (Wildman–Crippen LogP) is 3.83. The van der Waals surface area contributed by atoms with E-state index in [-0.39, 0.29) is 5.78 Å². The summed E-state index contributed by atoms with van der Waals surface area (Å²) in [6.07, 6.45) is 0.787. The van der Waals surface area contributed by atoms with Gasteiger partial charge in [-0.3, -0.25) is 4.79 Å². The van der Waals surface area contributed by atoms with Crippen LogP contribution in [0.5, 0.6) is 11.5 Å². The lowest BCUT2D eigenvalue weighted by Gasteiger charge is -2.11. The lowest BCUT2D eigenvalue weighted by Crippen LogP contribution is -2.05. The van der Waals surface area contributed by atoms with Gasteiger partial charge in [0.25, 0.3) is 0 Å². The van der Waals surface area contributed by atoms with E-state index >= 15 is 0 Å². The van der Waals surface area contributed by atoms with Crippen LogP contribution in [0.4, 0.5) is 0 Å². The van der Waals surface area contributed by atoms with Gasteiger partial charge in [0, 0.05) is 6.42 Å². The number of ether oxygens (including phenoxy) is 2. The molecule has 2 rings (SSSR count). The van der Waals surface area contributed by atoms with Crippen molar-refractivity contribution in [1.82, 2.24) is 0 Å². The largest absolute Gasteiger partial charge is 0.497 e. The number of methoxy groups -OCH3 is 1. The fraction of sp³-hybridized carbons (Fsp3) is 0.278. The Morgan fingerprint density at radius 1 is 1.10 bits per heavy atom. The zero-order valence-electron chi connectivity index (χ0n) is 12.7. The van der Waals surface area contributed by atoms with Crippen molar-refractivity contribution in [3.63, 3.8) is 0 Å². The lowest BCUT2D eigenvalue weighted by molar-refractivity contribution is 0.101. The molecule has 2 aromatic rings. The topological polar surface area (TPSA) is 35.5 Å². The van der Waals surface area contributed by atoms with Gasteiger partial charge in [-0.05, 0) is 43.7 Å². The fourth-order valence-electron chi connectivity index (χ4n) is 2.12. The average Bonchev–Trinajstić information content (AvgIpc) is 2.49. The Labute approximate surface area is 125 Å². The molecule has 21 heavy (non-hydrogen) atoms. The Hall–Kier alpha value is -2.29. The van der Waals surface area contributed by atoms with Crippen LogP contribution in [0.15, 0.2) is 42.5 Å². The molecule has 0 heterocycles. The van der Waals surface area contributed by atoms with Crippen molar-refractivity contribution < 1.29 is 14.3 Å². The fourth-order valence-corrected chi connectivity index (χ4v) is 2.12. The summed E-state index contributed by atoms with van der Waals surface area (Å²) >= 11 is 0. The van der Waals surface area contributed by atoms with Crippen molar-refractivity contribution in [3.8, 4) is 11.5 Å². The molecule has 0 aliphatic carbocycles. The first-order chi connectivity index (χ1) is 10.1.